The Labute approximate surface area is 576 Å². The third kappa shape index (κ3) is 18.5. The highest BCUT2D eigenvalue weighted by Gasteiger charge is 2.33. The number of nitrogens with one attached hydrogen (secondary N) is 4. The Bertz CT molecular complexity index is 4080. The third-order valence-electron chi connectivity index (χ3n) is 18.1. The molecule has 1 fully saturated rings. The molecule has 0 aromatic heterocycles. The number of amides is 4. The van der Waals surface area contributed by atoms with Crippen LogP contribution in [0, 0.1) is 39.5 Å². The number of ether oxygens (including phenoxy) is 2. The van der Waals surface area contributed by atoms with E-state index in [2.05, 4.69) is 108 Å². The average Bonchev–Trinajstić information content (AvgIpc) is 0.745. The van der Waals surface area contributed by atoms with Crippen molar-refractivity contribution in [2.24, 2.45) is 11.8 Å². The zero-order chi connectivity index (χ0) is 70.2. The molecule has 4 amide bonds. The molecule has 1 saturated carbocycles. The van der Waals surface area contributed by atoms with Crippen LogP contribution < -0.4 is 31.3 Å². The summed E-state index contributed by atoms with van der Waals surface area (Å²) in [6, 6.07) is 41.0. The summed E-state index contributed by atoms with van der Waals surface area (Å²) in [5, 5.41) is 25.6. The number of aryl methyl sites for hydroxylation is 4. The van der Waals surface area contributed by atoms with Crippen molar-refractivity contribution in [3.63, 3.8) is 0 Å². The Kier molecular flexibility index (Phi) is 24.5. The van der Waals surface area contributed by atoms with E-state index in [-0.39, 0.29) is 58.5 Å². The zero-order valence-corrected chi connectivity index (χ0v) is 57.6. The summed E-state index contributed by atoms with van der Waals surface area (Å²) in [7, 11) is 0. The van der Waals surface area contributed by atoms with Gasteiger partial charge in [0.1, 0.15) is 6.10 Å². The van der Waals surface area contributed by atoms with Crippen molar-refractivity contribution < 1.29 is 52.7 Å². The van der Waals surface area contributed by atoms with Crippen LogP contribution in [0.2, 0.25) is 0 Å². The fourth-order valence-electron chi connectivity index (χ4n) is 12.6. The van der Waals surface area contributed by atoms with Crippen molar-refractivity contribution in [1.82, 2.24) is 21.3 Å². The molecule has 0 saturated heterocycles. The number of Topliss-reactive ketones (excluding diaryl/α,β-unsaturated/α-hetero) is 1. The van der Waals surface area contributed by atoms with Gasteiger partial charge in [0.25, 0.3) is 23.6 Å². The van der Waals surface area contributed by atoms with E-state index in [1.54, 1.807) is 86.7 Å². The Morgan fingerprint density at radius 3 is 1.47 bits per heavy atom. The van der Waals surface area contributed by atoms with E-state index in [0.717, 1.165) is 94.7 Å². The molecule has 3 aliphatic carbocycles. The molecule has 13 rings (SSSR count). The molecule has 4 heterocycles. The van der Waals surface area contributed by atoms with Gasteiger partial charge in [0.15, 0.2) is 18.4 Å². The lowest BCUT2D eigenvalue weighted by atomic mass is 9.80. The van der Waals surface area contributed by atoms with Crippen molar-refractivity contribution in [1.29, 1.82) is 0 Å². The fraction of sp³-hybridized carbons (Fsp3) is 0.317. The smallest absolute Gasteiger partial charge is 0.333 e. The molecular weight excluding hydrogens is 1230 g/mol. The van der Waals surface area contributed by atoms with Gasteiger partial charge >= 0.3 is 11.9 Å². The molecule has 4 aliphatic heterocycles. The number of rotatable bonds is 16. The molecule has 7 aliphatic rings. The van der Waals surface area contributed by atoms with Crippen molar-refractivity contribution >= 4 is 69.7 Å². The van der Waals surface area contributed by atoms with Crippen LogP contribution in [0.25, 0.3) is 5.57 Å². The second kappa shape index (κ2) is 33.5. The summed E-state index contributed by atoms with van der Waals surface area (Å²) in [6.07, 6.45) is 13.5. The van der Waals surface area contributed by atoms with Gasteiger partial charge in [-0.25, -0.2) is 9.59 Å². The monoisotopic (exact) mass is 1320 g/mol. The van der Waals surface area contributed by atoms with Gasteiger partial charge in [-0.15, -0.1) is 0 Å². The van der Waals surface area contributed by atoms with Crippen LogP contribution in [-0.4, -0.2) is 90.0 Å². The highest BCUT2D eigenvalue weighted by molar-refractivity contribution is 6.39. The molecule has 6 aromatic rings. The molecule has 8 bridgehead atoms. The maximum atomic E-state index is 13.7. The quantitative estimate of drug-likeness (QED) is 0.0406. The first kappa shape index (κ1) is 71.8. The van der Waals surface area contributed by atoms with Crippen molar-refractivity contribution in [3.05, 3.63) is 260 Å². The summed E-state index contributed by atoms with van der Waals surface area (Å²) in [5.74, 6) is -1.55. The van der Waals surface area contributed by atoms with E-state index in [0.29, 0.717) is 108 Å². The second-order valence-corrected chi connectivity index (χ2v) is 26.1. The topological polar surface area (TPSA) is 215 Å². The molecule has 4 N–H and O–H groups in total. The largest absolute Gasteiger partial charge is 0.871 e. The first-order valence-electron chi connectivity index (χ1n) is 33.9. The summed E-state index contributed by atoms with van der Waals surface area (Å²) < 4.78 is 13.8. The van der Waals surface area contributed by atoms with Crippen LogP contribution in [0.4, 0.5) is 17.1 Å². The zero-order valence-electron chi connectivity index (χ0n) is 57.6. The summed E-state index contributed by atoms with van der Waals surface area (Å²) in [4.78, 5) is 92.1. The van der Waals surface area contributed by atoms with Gasteiger partial charge in [0.05, 0.1) is 6.54 Å². The van der Waals surface area contributed by atoms with Crippen molar-refractivity contribution in [2.75, 3.05) is 31.1 Å². The Balaban J connectivity index is 0.000000245. The first-order chi connectivity index (χ1) is 47.1. The van der Waals surface area contributed by atoms with E-state index in [1.165, 1.54) is 0 Å². The summed E-state index contributed by atoms with van der Waals surface area (Å²) >= 11 is 0. The lowest BCUT2D eigenvalue weighted by molar-refractivity contribution is -0.451. The van der Waals surface area contributed by atoms with Crippen molar-refractivity contribution in [3.8, 4) is 0 Å². The Morgan fingerprint density at radius 1 is 0.551 bits per heavy atom. The van der Waals surface area contributed by atoms with Crippen LogP contribution in [0.15, 0.2) is 199 Å². The normalized spacial score (nSPS) is 17.1. The number of esters is 2. The molecular formula is C82H90N6O10. The van der Waals surface area contributed by atoms with Gasteiger partial charge in [-0.1, -0.05) is 123 Å². The van der Waals surface area contributed by atoms with Gasteiger partial charge in [-0.05, 0) is 193 Å². The molecule has 508 valence electrons. The van der Waals surface area contributed by atoms with Crippen LogP contribution in [0.5, 0.6) is 0 Å². The van der Waals surface area contributed by atoms with Gasteiger partial charge in [-0.2, -0.15) is 4.58 Å². The fourth-order valence-corrected chi connectivity index (χ4v) is 12.6. The number of anilines is 2. The average molecular weight is 1320 g/mol. The lowest BCUT2D eigenvalue weighted by Crippen LogP contribution is -2.34. The molecule has 16 heteroatoms. The number of hydrogen-bond donors (Lipinski definition) is 4. The Hall–Kier alpha value is -10.5. The minimum absolute atomic E-state index is 0.154. The number of benzene rings is 6. The van der Waals surface area contributed by atoms with Crippen LogP contribution in [0.3, 0.4) is 0 Å². The molecule has 16 nitrogen and oxygen atoms in total. The van der Waals surface area contributed by atoms with E-state index < -0.39 is 11.9 Å². The van der Waals surface area contributed by atoms with Crippen LogP contribution in [0.1, 0.15) is 159 Å². The van der Waals surface area contributed by atoms with Gasteiger partial charge in [0, 0.05) is 106 Å². The predicted molar refractivity (Wildman–Crippen MR) is 383 cm³/mol. The van der Waals surface area contributed by atoms with Crippen LogP contribution in [-0.2, 0) is 36.9 Å². The van der Waals surface area contributed by atoms with E-state index >= 15 is 0 Å². The molecule has 0 radical (unpaired) electrons. The molecule has 2 unspecified atom stereocenters. The second-order valence-electron chi connectivity index (χ2n) is 26.1. The number of nitrogens with zero attached hydrogens (tertiary/aromatic N) is 2. The number of allylic oxidation sites excluding steroid dienone is 7. The predicted octanol–water partition coefficient (Wildman–Crippen LogP) is 13.3. The van der Waals surface area contributed by atoms with Gasteiger partial charge in [0.2, 0.25) is 11.4 Å². The third-order valence-corrected chi connectivity index (χ3v) is 18.1. The SMILES string of the molecule is C=C(C)C(=O)OC(CCC)CN(c1ccc(C2=C([O-])C(=C3C=CC(=[N+](CC(CCC)OC(=O)C(=C)C)c4ccc(C)cc4C)C=C3)C2=O)cc1)c1ccc(C)cc1C.O=C1NCc2ccc(cc2)CNC(=O)c2cccc(c2)C(=O)NCC2CCC(CC2)CNC(=O)c2cccc1c2. The van der Waals surface area contributed by atoms with Crippen molar-refractivity contribution in [2.45, 2.75) is 132 Å². The number of hydrogen-bond acceptors (Lipinski definition) is 11. The van der Waals surface area contributed by atoms with E-state index in [9.17, 15) is 38.7 Å². The standard InChI is InChI=1S/C50H56N2O6.C32H34N4O4/c1-11-13-41(57-49(55)31(3)4)29-51(43-25-15-33(7)27-35(43)9)39-21-17-37(18-22-39)45-47(53)46(48(45)54)38-19-23-40(24-20-38)52(44-26-16-34(8)28-36(44)10)30-42(14-12-2)58-50(56)32(5)6;37-29-25-3-1-4-26(15-25)30(38)34-18-22-9-13-24(14-10-22)20-36-32(40)28-6-2-5-27(16-28)31(39)35-19-23-11-7-21(8-12-23)17-33-29/h15-28,41-42H,3,5,11-14,29-30H2,1-2,4,6-10H3;1-8,11-12,15-16,22,24H,9-10,13-14,17-20H2,(H,33,37)(H,34,38)(H,35,39)(H,36,40). The Morgan fingerprint density at radius 2 is 1.01 bits per heavy atom. The molecule has 2 atom stereocenters. The van der Waals surface area contributed by atoms with Crippen LogP contribution >= 0.6 is 0 Å². The first-order valence-corrected chi connectivity index (χ1v) is 33.9. The minimum atomic E-state index is -0.421. The maximum absolute atomic E-state index is 13.7. The highest BCUT2D eigenvalue weighted by Crippen LogP contribution is 2.39. The number of carbonyl (C=O) groups excluding carboxylic acids is 7. The number of ketones is 1. The van der Waals surface area contributed by atoms with E-state index in [4.69, 9.17) is 9.47 Å². The maximum Gasteiger partial charge on any atom is 0.333 e. The number of carbonyl (C=O) groups is 7. The highest BCUT2D eigenvalue weighted by atomic mass is 16.5. The van der Waals surface area contributed by atoms with E-state index in [1.807, 2.05) is 62.4 Å². The van der Waals surface area contributed by atoms with Gasteiger partial charge in [-0.3, -0.25) is 24.0 Å². The lowest BCUT2D eigenvalue weighted by Gasteiger charge is -2.33. The molecule has 0 spiro atoms. The molecule has 6 aromatic carbocycles. The minimum Gasteiger partial charge on any atom is -0.871 e. The van der Waals surface area contributed by atoms with Gasteiger partial charge < -0.3 is 40.7 Å². The molecule has 98 heavy (non-hydrogen) atoms. The summed E-state index contributed by atoms with van der Waals surface area (Å²) in [5.41, 5.74) is 13.7. The summed E-state index contributed by atoms with van der Waals surface area (Å²) in [6.45, 7) is 25.8.